The molecule has 0 unspecified atom stereocenters. The summed E-state index contributed by atoms with van der Waals surface area (Å²) in [5.41, 5.74) is 0. The topological polar surface area (TPSA) is 68.2 Å². The van der Waals surface area contributed by atoms with E-state index in [1.807, 2.05) is 0 Å². The third kappa shape index (κ3) is 14.9. The zero-order valence-corrected chi connectivity index (χ0v) is 8.78. The Hall–Kier alpha value is 0.397. The predicted molar refractivity (Wildman–Crippen MR) is 52.4 cm³/mol. The molecular weight excluding hydrogens is 183 g/mol. The molecule has 0 aliphatic carbocycles. The van der Waals surface area contributed by atoms with Crippen molar-refractivity contribution in [2.24, 2.45) is 0 Å². The summed E-state index contributed by atoms with van der Waals surface area (Å²) in [6.45, 7) is 2.76. The van der Waals surface area contributed by atoms with Gasteiger partial charge in [0.2, 0.25) is 0 Å². The standard InChI is InChI=1S/C8H18O5.Li/c9-1-3-11-5-7-13-8-6-12-4-2-10;/h9-10H,1-8H2;. The van der Waals surface area contributed by atoms with Gasteiger partial charge in [0.05, 0.1) is 52.9 Å². The van der Waals surface area contributed by atoms with E-state index in [9.17, 15) is 0 Å². The predicted octanol–water partition coefficient (Wildman–Crippen LogP) is -1.36. The molecule has 0 amide bonds. The van der Waals surface area contributed by atoms with Crippen molar-refractivity contribution >= 4 is 18.9 Å². The van der Waals surface area contributed by atoms with E-state index in [4.69, 9.17) is 24.4 Å². The molecule has 81 valence electrons. The fourth-order valence-electron chi connectivity index (χ4n) is 0.671. The molecule has 0 rings (SSSR count). The van der Waals surface area contributed by atoms with E-state index in [0.29, 0.717) is 39.6 Å². The van der Waals surface area contributed by atoms with Crippen molar-refractivity contribution in [2.75, 3.05) is 52.9 Å². The third-order valence-corrected chi connectivity index (χ3v) is 1.22. The van der Waals surface area contributed by atoms with E-state index in [0.717, 1.165) is 0 Å². The van der Waals surface area contributed by atoms with Gasteiger partial charge in [0.15, 0.2) is 0 Å². The summed E-state index contributed by atoms with van der Waals surface area (Å²) in [6.07, 6.45) is 0. The Bertz CT molecular complexity index is 83.8. The van der Waals surface area contributed by atoms with Crippen LogP contribution in [0.4, 0.5) is 0 Å². The second kappa shape index (κ2) is 15.9. The second-order valence-electron chi connectivity index (χ2n) is 2.28. The van der Waals surface area contributed by atoms with Crippen LogP contribution in [0.15, 0.2) is 0 Å². The van der Waals surface area contributed by atoms with Gasteiger partial charge in [-0.1, -0.05) is 0 Å². The fourth-order valence-corrected chi connectivity index (χ4v) is 0.671. The summed E-state index contributed by atoms with van der Waals surface area (Å²) in [5, 5.41) is 16.7. The number of rotatable bonds is 10. The largest absolute Gasteiger partial charge is 0.394 e. The van der Waals surface area contributed by atoms with Crippen LogP contribution in [0, 0.1) is 0 Å². The molecule has 0 aromatic carbocycles. The first kappa shape index (κ1) is 16.8. The van der Waals surface area contributed by atoms with Crippen LogP contribution in [0.5, 0.6) is 0 Å². The van der Waals surface area contributed by atoms with Crippen molar-refractivity contribution in [1.82, 2.24) is 0 Å². The number of ether oxygens (including phenoxy) is 3. The SMILES string of the molecule is OCCOCCOCCOCCO.[Li]. The maximum absolute atomic E-state index is 8.36. The summed E-state index contributed by atoms with van der Waals surface area (Å²) in [6, 6.07) is 0. The second-order valence-corrected chi connectivity index (χ2v) is 2.28. The van der Waals surface area contributed by atoms with Crippen LogP contribution in [-0.4, -0.2) is 81.9 Å². The maximum Gasteiger partial charge on any atom is 0.0701 e. The normalized spacial score (nSPS) is 9.86. The first-order chi connectivity index (χ1) is 6.41. The van der Waals surface area contributed by atoms with Gasteiger partial charge in [-0.25, -0.2) is 0 Å². The van der Waals surface area contributed by atoms with E-state index < -0.39 is 0 Å². The average molecular weight is 201 g/mol. The molecule has 14 heavy (non-hydrogen) atoms. The minimum absolute atomic E-state index is 0. The van der Waals surface area contributed by atoms with Crippen molar-refractivity contribution in [3.63, 3.8) is 0 Å². The smallest absolute Gasteiger partial charge is 0.0701 e. The molecule has 0 aromatic rings. The van der Waals surface area contributed by atoms with Crippen LogP contribution in [0.1, 0.15) is 0 Å². The molecule has 5 nitrogen and oxygen atoms in total. The van der Waals surface area contributed by atoms with Gasteiger partial charge in [0.1, 0.15) is 0 Å². The first-order valence-electron chi connectivity index (χ1n) is 4.36. The summed E-state index contributed by atoms with van der Waals surface area (Å²) in [4.78, 5) is 0. The molecule has 0 aliphatic heterocycles. The van der Waals surface area contributed by atoms with Gasteiger partial charge in [-0.3, -0.25) is 0 Å². The third-order valence-electron chi connectivity index (χ3n) is 1.22. The summed E-state index contributed by atoms with van der Waals surface area (Å²) in [7, 11) is 0. The van der Waals surface area contributed by atoms with Gasteiger partial charge in [-0.2, -0.15) is 0 Å². The number of aliphatic hydroxyl groups excluding tert-OH is 2. The Balaban J connectivity index is 0. The molecule has 0 bridgehead atoms. The number of hydrogen-bond acceptors (Lipinski definition) is 5. The van der Waals surface area contributed by atoms with Crippen molar-refractivity contribution in [1.29, 1.82) is 0 Å². The van der Waals surface area contributed by atoms with Crippen molar-refractivity contribution in [3.8, 4) is 0 Å². The fraction of sp³-hybridized carbons (Fsp3) is 1.00. The molecule has 0 spiro atoms. The van der Waals surface area contributed by atoms with Crippen LogP contribution in [0.3, 0.4) is 0 Å². The van der Waals surface area contributed by atoms with Crippen molar-refractivity contribution < 1.29 is 24.4 Å². The number of hydrogen-bond donors (Lipinski definition) is 2. The van der Waals surface area contributed by atoms with E-state index in [1.54, 1.807) is 0 Å². The zero-order valence-electron chi connectivity index (χ0n) is 8.78. The van der Waals surface area contributed by atoms with Crippen molar-refractivity contribution in [2.45, 2.75) is 0 Å². The van der Waals surface area contributed by atoms with Crippen LogP contribution in [-0.2, 0) is 14.2 Å². The van der Waals surface area contributed by atoms with Gasteiger partial charge in [-0.15, -0.1) is 0 Å². The maximum atomic E-state index is 8.36. The van der Waals surface area contributed by atoms with Crippen molar-refractivity contribution in [3.05, 3.63) is 0 Å². The van der Waals surface area contributed by atoms with Gasteiger partial charge in [-0.05, 0) is 0 Å². The molecule has 0 aliphatic rings. The van der Waals surface area contributed by atoms with Gasteiger partial charge >= 0.3 is 0 Å². The van der Waals surface area contributed by atoms with E-state index in [1.165, 1.54) is 0 Å². The average Bonchev–Trinajstić information content (AvgIpc) is 2.16. The van der Waals surface area contributed by atoms with E-state index >= 15 is 0 Å². The molecule has 0 heterocycles. The van der Waals surface area contributed by atoms with Gasteiger partial charge in [0, 0.05) is 18.9 Å². The quantitative estimate of drug-likeness (QED) is 0.337. The Labute approximate surface area is 96.5 Å². The molecule has 0 saturated carbocycles. The summed E-state index contributed by atoms with van der Waals surface area (Å²) in [5.74, 6) is 0. The number of aliphatic hydroxyl groups is 2. The Kier molecular flexibility index (Phi) is 19.0. The van der Waals surface area contributed by atoms with E-state index in [2.05, 4.69) is 0 Å². The summed E-state index contributed by atoms with van der Waals surface area (Å²) < 4.78 is 15.0. The molecule has 1 radical (unpaired) electrons. The Morgan fingerprint density at radius 1 is 0.571 bits per heavy atom. The molecule has 0 saturated heterocycles. The first-order valence-corrected chi connectivity index (χ1v) is 4.36. The van der Waals surface area contributed by atoms with Crippen LogP contribution in [0.2, 0.25) is 0 Å². The van der Waals surface area contributed by atoms with Crippen LogP contribution < -0.4 is 0 Å². The zero-order chi connectivity index (χ0) is 9.78. The molecule has 0 atom stereocenters. The minimum atomic E-state index is 0. The monoisotopic (exact) mass is 201 g/mol. The molecule has 6 heteroatoms. The van der Waals surface area contributed by atoms with Gasteiger partial charge in [0.25, 0.3) is 0 Å². The van der Waals surface area contributed by atoms with Gasteiger partial charge < -0.3 is 24.4 Å². The Morgan fingerprint density at radius 2 is 0.857 bits per heavy atom. The molecule has 0 fully saturated rings. The van der Waals surface area contributed by atoms with Crippen LogP contribution >= 0.6 is 0 Å². The van der Waals surface area contributed by atoms with Crippen LogP contribution in [0.25, 0.3) is 0 Å². The molecule has 2 N–H and O–H groups in total. The Morgan fingerprint density at radius 3 is 1.14 bits per heavy atom. The van der Waals surface area contributed by atoms with E-state index in [-0.39, 0.29) is 32.1 Å². The molecular formula is C8H18LiO5. The minimum Gasteiger partial charge on any atom is -0.394 e. The molecule has 0 aromatic heterocycles. The summed E-state index contributed by atoms with van der Waals surface area (Å²) >= 11 is 0.